The zero-order valence-electron chi connectivity index (χ0n) is 12.3. The molecule has 1 amide bonds. The van der Waals surface area contributed by atoms with E-state index in [1.807, 2.05) is 0 Å². The number of halogens is 1. The molecular weight excluding hydrogens is 294 g/mol. The number of anilines is 1. The number of ether oxygens (including phenoxy) is 2. The number of alkyl halides is 1. The number of fused-ring (bicyclic) bond motifs is 1. The summed E-state index contributed by atoms with van der Waals surface area (Å²) in [6.07, 6.45) is -0.456. The second-order valence-corrected chi connectivity index (χ2v) is 5.99. The van der Waals surface area contributed by atoms with Crippen LogP contribution in [-0.2, 0) is 4.74 Å². The maximum absolute atomic E-state index is 12.3. The van der Waals surface area contributed by atoms with Crippen LogP contribution in [0, 0.1) is 0 Å². The molecule has 0 unspecified atom stereocenters. The molecule has 1 aliphatic rings. The third-order valence-electron chi connectivity index (χ3n) is 2.88. The Morgan fingerprint density at radius 2 is 2.10 bits per heavy atom. The van der Waals surface area contributed by atoms with Crippen LogP contribution in [0.5, 0.6) is 5.75 Å². The van der Waals surface area contributed by atoms with Crippen molar-refractivity contribution in [2.75, 3.05) is 23.9 Å². The van der Waals surface area contributed by atoms with Crippen molar-refractivity contribution in [3.63, 3.8) is 0 Å². The maximum atomic E-state index is 12.3. The molecule has 0 saturated heterocycles. The minimum Gasteiger partial charge on any atom is -0.490 e. The number of rotatable bonds is 2. The summed E-state index contributed by atoms with van der Waals surface area (Å²) in [6, 6.07) is 4.93. The van der Waals surface area contributed by atoms with Crippen LogP contribution in [0.25, 0.3) is 0 Å². The van der Waals surface area contributed by atoms with Crippen molar-refractivity contribution >= 4 is 29.2 Å². The number of ketones is 1. The van der Waals surface area contributed by atoms with E-state index in [-0.39, 0.29) is 11.7 Å². The summed E-state index contributed by atoms with van der Waals surface area (Å²) >= 11 is 5.57. The molecular formula is C15H18ClNO4. The SMILES string of the molecule is CC(C)(C)OC(=O)N1CCOc2ccc(C(=O)CCl)cc21. The molecule has 1 heterocycles. The van der Waals surface area contributed by atoms with Crippen LogP contribution in [0.4, 0.5) is 10.5 Å². The van der Waals surface area contributed by atoms with Crippen LogP contribution in [0.1, 0.15) is 31.1 Å². The second-order valence-electron chi connectivity index (χ2n) is 5.72. The highest BCUT2D eigenvalue weighted by Crippen LogP contribution is 2.33. The summed E-state index contributed by atoms with van der Waals surface area (Å²) in [5.41, 5.74) is 0.397. The highest BCUT2D eigenvalue weighted by Gasteiger charge is 2.28. The lowest BCUT2D eigenvalue weighted by Crippen LogP contribution is -2.41. The normalized spacial score (nSPS) is 14.2. The Labute approximate surface area is 128 Å². The standard InChI is InChI=1S/C15H18ClNO4/c1-15(2,3)21-14(19)17-6-7-20-13-5-4-10(8-11(13)17)12(18)9-16/h4-5,8H,6-7,9H2,1-3H3. The Bertz CT molecular complexity index is 565. The van der Waals surface area contributed by atoms with Crippen molar-refractivity contribution in [2.45, 2.75) is 26.4 Å². The number of Topliss-reactive ketones (excluding diaryl/α,β-unsaturated/α-hetero) is 1. The summed E-state index contributed by atoms with van der Waals surface area (Å²) < 4.78 is 10.9. The second kappa shape index (κ2) is 5.93. The maximum Gasteiger partial charge on any atom is 0.415 e. The van der Waals surface area contributed by atoms with Crippen molar-refractivity contribution in [1.29, 1.82) is 0 Å². The van der Waals surface area contributed by atoms with E-state index in [2.05, 4.69) is 0 Å². The molecule has 0 atom stereocenters. The molecule has 0 aromatic heterocycles. The van der Waals surface area contributed by atoms with Crippen LogP contribution < -0.4 is 9.64 Å². The van der Waals surface area contributed by atoms with Gasteiger partial charge in [-0.3, -0.25) is 9.69 Å². The summed E-state index contributed by atoms with van der Waals surface area (Å²) in [7, 11) is 0. The van der Waals surface area contributed by atoms with Crippen LogP contribution in [0.2, 0.25) is 0 Å². The minimum atomic E-state index is -0.584. The molecule has 1 aliphatic heterocycles. The van der Waals surface area contributed by atoms with Crippen molar-refractivity contribution in [3.8, 4) is 5.75 Å². The van der Waals surface area contributed by atoms with Crippen molar-refractivity contribution in [3.05, 3.63) is 23.8 Å². The Balaban J connectivity index is 2.33. The lowest BCUT2D eigenvalue weighted by molar-refractivity contribution is 0.0567. The van der Waals surface area contributed by atoms with Gasteiger partial charge in [0.25, 0.3) is 0 Å². The van der Waals surface area contributed by atoms with Crippen LogP contribution in [-0.4, -0.2) is 36.5 Å². The first kappa shape index (κ1) is 15.6. The van der Waals surface area contributed by atoms with E-state index in [0.717, 1.165) is 0 Å². The van der Waals surface area contributed by atoms with Crippen LogP contribution in [0.15, 0.2) is 18.2 Å². The monoisotopic (exact) mass is 311 g/mol. The van der Waals surface area contributed by atoms with Gasteiger partial charge in [0.15, 0.2) is 5.78 Å². The topological polar surface area (TPSA) is 55.8 Å². The molecule has 2 rings (SSSR count). The van der Waals surface area contributed by atoms with Gasteiger partial charge in [0.2, 0.25) is 0 Å². The summed E-state index contributed by atoms with van der Waals surface area (Å²) in [4.78, 5) is 25.4. The first-order valence-electron chi connectivity index (χ1n) is 6.68. The van der Waals surface area contributed by atoms with E-state index in [4.69, 9.17) is 21.1 Å². The summed E-state index contributed by atoms with van der Waals surface area (Å²) in [5, 5.41) is 0. The molecule has 0 bridgehead atoms. The number of hydrogen-bond acceptors (Lipinski definition) is 4. The van der Waals surface area contributed by atoms with Gasteiger partial charge in [-0.2, -0.15) is 0 Å². The van der Waals surface area contributed by atoms with E-state index in [0.29, 0.717) is 30.2 Å². The predicted molar refractivity (Wildman–Crippen MR) is 80.6 cm³/mol. The van der Waals surface area contributed by atoms with Crippen LogP contribution in [0.3, 0.4) is 0 Å². The fourth-order valence-electron chi connectivity index (χ4n) is 1.97. The molecule has 0 fully saturated rings. The van der Waals surface area contributed by atoms with E-state index >= 15 is 0 Å². The lowest BCUT2D eigenvalue weighted by atomic mass is 10.1. The highest BCUT2D eigenvalue weighted by atomic mass is 35.5. The fraction of sp³-hybridized carbons (Fsp3) is 0.467. The molecule has 21 heavy (non-hydrogen) atoms. The largest absolute Gasteiger partial charge is 0.490 e. The quantitative estimate of drug-likeness (QED) is 0.621. The Kier molecular flexibility index (Phi) is 4.42. The Morgan fingerprint density at radius 3 is 2.71 bits per heavy atom. The first-order valence-corrected chi connectivity index (χ1v) is 7.22. The zero-order valence-corrected chi connectivity index (χ0v) is 13.1. The van der Waals surface area contributed by atoms with Gasteiger partial charge in [-0.25, -0.2) is 4.79 Å². The van der Waals surface area contributed by atoms with Crippen molar-refractivity contribution < 1.29 is 19.1 Å². The van der Waals surface area contributed by atoms with E-state index in [1.165, 1.54) is 4.90 Å². The van der Waals surface area contributed by atoms with Gasteiger partial charge < -0.3 is 9.47 Å². The Hall–Kier alpha value is -1.75. The predicted octanol–water partition coefficient (Wildman–Crippen LogP) is 3.24. The van der Waals surface area contributed by atoms with Crippen LogP contribution >= 0.6 is 11.6 Å². The Morgan fingerprint density at radius 1 is 1.38 bits per heavy atom. The molecule has 5 nitrogen and oxygen atoms in total. The van der Waals surface area contributed by atoms with Gasteiger partial charge in [-0.15, -0.1) is 11.6 Å². The molecule has 6 heteroatoms. The molecule has 0 aliphatic carbocycles. The summed E-state index contributed by atoms with van der Waals surface area (Å²) in [6.45, 7) is 6.18. The number of hydrogen-bond donors (Lipinski definition) is 0. The summed E-state index contributed by atoms with van der Waals surface area (Å²) in [5.74, 6) is 0.249. The van der Waals surface area contributed by atoms with Gasteiger partial charge in [0.05, 0.1) is 18.1 Å². The first-order chi connectivity index (χ1) is 9.81. The average molecular weight is 312 g/mol. The van der Waals surface area contributed by atoms with Gasteiger partial charge in [0.1, 0.15) is 18.0 Å². The number of carbonyl (C=O) groups is 2. The third kappa shape index (κ3) is 3.67. The van der Waals surface area contributed by atoms with Gasteiger partial charge in [-0.05, 0) is 39.0 Å². The van der Waals surface area contributed by atoms with Gasteiger partial charge >= 0.3 is 6.09 Å². The number of carbonyl (C=O) groups excluding carboxylic acids is 2. The number of benzene rings is 1. The molecule has 1 aromatic rings. The molecule has 1 aromatic carbocycles. The van der Waals surface area contributed by atoms with E-state index < -0.39 is 11.7 Å². The third-order valence-corrected chi connectivity index (χ3v) is 3.12. The number of amides is 1. The zero-order chi connectivity index (χ0) is 15.6. The fourth-order valence-corrected chi connectivity index (χ4v) is 2.13. The van der Waals surface area contributed by atoms with Crippen molar-refractivity contribution in [1.82, 2.24) is 0 Å². The van der Waals surface area contributed by atoms with Gasteiger partial charge in [0, 0.05) is 5.56 Å². The van der Waals surface area contributed by atoms with Crippen molar-refractivity contribution in [2.24, 2.45) is 0 Å². The van der Waals surface area contributed by atoms with E-state index in [1.54, 1.807) is 39.0 Å². The molecule has 0 radical (unpaired) electrons. The average Bonchev–Trinajstić information content (AvgIpc) is 2.43. The number of nitrogens with zero attached hydrogens (tertiary/aromatic N) is 1. The molecule has 0 saturated carbocycles. The van der Waals surface area contributed by atoms with Gasteiger partial charge in [-0.1, -0.05) is 0 Å². The molecule has 0 N–H and O–H groups in total. The smallest absolute Gasteiger partial charge is 0.415 e. The lowest BCUT2D eigenvalue weighted by Gasteiger charge is -2.31. The minimum absolute atomic E-state index is 0.105. The highest BCUT2D eigenvalue weighted by molar-refractivity contribution is 6.30. The molecule has 0 spiro atoms. The van der Waals surface area contributed by atoms with E-state index in [9.17, 15) is 9.59 Å². The molecule has 114 valence electrons.